The van der Waals surface area contributed by atoms with Gasteiger partial charge in [0, 0.05) is 48.7 Å². The first-order valence-electron chi connectivity index (χ1n) is 16.4. The first-order chi connectivity index (χ1) is 25.1. The number of carbonyl (C=O) groups excluding carboxylic acids is 3. The van der Waals surface area contributed by atoms with Crippen LogP contribution in [0.3, 0.4) is 0 Å². The monoisotopic (exact) mass is 782 g/mol. The van der Waals surface area contributed by atoms with Gasteiger partial charge in [0.1, 0.15) is 42.7 Å². The zero-order valence-corrected chi connectivity index (χ0v) is 32.3. The highest BCUT2D eigenvalue weighted by atomic mass is 35.5. The van der Waals surface area contributed by atoms with Crippen LogP contribution in [0.1, 0.15) is 45.7 Å². The Kier molecular flexibility index (Phi) is 14.9. The summed E-state index contributed by atoms with van der Waals surface area (Å²) in [5, 5.41) is 16.6. The smallest absolute Gasteiger partial charge is 0.229 e. The minimum atomic E-state index is -0.774. The molecule has 0 spiro atoms. The van der Waals surface area contributed by atoms with Gasteiger partial charge in [0.2, 0.25) is 5.91 Å². The van der Waals surface area contributed by atoms with Crippen LogP contribution in [0.4, 0.5) is 15.8 Å². The van der Waals surface area contributed by atoms with E-state index in [0.29, 0.717) is 45.2 Å². The second-order valence-corrected chi connectivity index (χ2v) is 15.3. The number of amides is 1. The number of rotatable bonds is 16. The Morgan fingerprint density at radius 3 is 2.47 bits per heavy atom. The molecule has 11 nitrogen and oxygen atoms in total. The standard InChI is InChI=1S/C38H40ClFN4O7S2/c1-22(10-11-34(23(2)39)48-17-26-8-7-9-29(40)12-26)43-36-27(15-41)16-42-32-14-35(49-18-30-19-50-38(5,6)51-30)33(13-31(32)36)44-37(47)28(20-52-24(3)45)21-53-25(4)46/h7-14,16,28,30H,1,17-21H2,2-6H3,(H,42,43)(H,44,47)/b11-10-,34-23-/t30-/m0/s1. The second-order valence-electron chi connectivity index (χ2n) is 12.4. The van der Waals surface area contributed by atoms with Crippen molar-refractivity contribution in [1.82, 2.24) is 4.98 Å². The third-order valence-corrected chi connectivity index (χ3v) is 9.67. The highest BCUT2D eigenvalue weighted by molar-refractivity contribution is 8.14. The Morgan fingerprint density at radius 2 is 1.87 bits per heavy atom. The van der Waals surface area contributed by atoms with Crippen molar-refractivity contribution in [1.29, 1.82) is 5.26 Å². The fraction of sp³-hybridized carbons (Fsp3) is 0.342. The van der Waals surface area contributed by atoms with Crippen molar-refractivity contribution in [2.75, 3.05) is 35.4 Å². The minimum Gasteiger partial charge on any atom is -0.489 e. The van der Waals surface area contributed by atoms with Crippen molar-refractivity contribution in [2.24, 2.45) is 5.92 Å². The van der Waals surface area contributed by atoms with Crippen LogP contribution in [-0.2, 0) is 35.2 Å². The Balaban J connectivity index is 1.66. The van der Waals surface area contributed by atoms with Gasteiger partial charge in [-0.3, -0.25) is 19.4 Å². The zero-order chi connectivity index (χ0) is 38.7. The molecule has 0 radical (unpaired) electrons. The number of pyridine rings is 1. The van der Waals surface area contributed by atoms with Gasteiger partial charge in [-0.25, -0.2) is 4.39 Å². The van der Waals surface area contributed by atoms with Gasteiger partial charge >= 0.3 is 0 Å². The van der Waals surface area contributed by atoms with Gasteiger partial charge in [0.05, 0.1) is 40.0 Å². The molecule has 4 rings (SSSR count). The average molecular weight is 783 g/mol. The molecular weight excluding hydrogens is 743 g/mol. The lowest BCUT2D eigenvalue weighted by Crippen LogP contribution is -2.28. The van der Waals surface area contributed by atoms with Crippen molar-refractivity contribution < 1.29 is 37.7 Å². The summed E-state index contributed by atoms with van der Waals surface area (Å²) in [4.78, 5) is 41.7. The minimum absolute atomic E-state index is 0.0767. The number of nitriles is 1. The van der Waals surface area contributed by atoms with E-state index in [4.69, 9.17) is 30.5 Å². The van der Waals surface area contributed by atoms with E-state index in [2.05, 4.69) is 28.3 Å². The number of carbonyl (C=O) groups is 3. The second kappa shape index (κ2) is 19.1. The number of aromatic nitrogens is 1. The number of allylic oxidation sites excluding steroid dienone is 3. The normalized spacial score (nSPS) is 15.6. The van der Waals surface area contributed by atoms with Crippen LogP contribution in [0.15, 0.2) is 77.8 Å². The van der Waals surface area contributed by atoms with Crippen molar-refractivity contribution in [3.63, 3.8) is 0 Å². The van der Waals surface area contributed by atoms with Crippen molar-refractivity contribution in [3.8, 4) is 11.8 Å². The summed E-state index contributed by atoms with van der Waals surface area (Å²) in [6.45, 7) is 12.6. The highest BCUT2D eigenvalue weighted by Crippen LogP contribution is 2.36. The van der Waals surface area contributed by atoms with E-state index in [-0.39, 0.29) is 63.9 Å². The number of halogens is 2. The molecule has 1 amide bonds. The van der Waals surface area contributed by atoms with E-state index in [9.17, 15) is 24.0 Å². The average Bonchev–Trinajstić information content (AvgIpc) is 3.45. The fourth-order valence-corrected chi connectivity index (χ4v) is 6.66. The lowest BCUT2D eigenvalue weighted by molar-refractivity contribution is -0.141. The lowest BCUT2D eigenvalue weighted by Gasteiger charge is -2.20. The summed E-state index contributed by atoms with van der Waals surface area (Å²) in [6, 6.07) is 11.4. The molecule has 0 aliphatic carbocycles. The van der Waals surface area contributed by atoms with Crippen LogP contribution < -0.4 is 15.4 Å². The van der Waals surface area contributed by atoms with Crippen molar-refractivity contribution in [2.45, 2.75) is 53.1 Å². The number of nitrogens with one attached hydrogen (secondary N) is 2. The molecule has 3 aromatic rings. The molecule has 2 N–H and O–H groups in total. The number of thioether (sulfide) groups is 2. The molecule has 1 aromatic heterocycles. The Labute approximate surface area is 321 Å². The third-order valence-electron chi connectivity index (χ3n) is 7.53. The molecule has 53 heavy (non-hydrogen) atoms. The summed E-state index contributed by atoms with van der Waals surface area (Å²) in [5.41, 5.74) is 2.22. The maximum atomic E-state index is 13.7. The highest BCUT2D eigenvalue weighted by Gasteiger charge is 2.33. The molecule has 0 unspecified atom stereocenters. The van der Waals surface area contributed by atoms with Crippen LogP contribution in [0, 0.1) is 23.1 Å². The largest absolute Gasteiger partial charge is 0.489 e. The summed E-state index contributed by atoms with van der Waals surface area (Å²) >= 11 is 8.28. The summed E-state index contributed by atoms with van der Waals surface area (Å²) in [5.74, 6) is -1.36. The first kappa shape index (κ1) is 41.4. The fourth-order valence-electron chi connectivity index (χ4n) is 4.98. The molecule has 1 fully saturated rings. The Morgan fingerprint density at radius 1 is 1.15 bits per heavy atom. The first-order valence-corrected chi connectivity index (χ1v) is 18.8. The Bertz CT molecular complexity index is 1960. The van der Waals surface area contributed by atoms with Crippen LogP contribution >= 0.6 is 35.1 Å². The van der Waals surface area contributed by atoms with E-state index >= 15 is 0 Å². The molecule has 1 atom stereocenters. The maximum Gasteiger partial charge on any atom is 0.229 e. The molecular formula is C38H40ClFN4O7S2. The van der Waals surface area contributed by atoms with Gasteiger partial charge < -0.3 is 29.6 Å². The molecule has 0 saturated carbocycles. The molecule has 2 aromatic carbocycles. The van der Waals surface area contributed by atoms with E-state index in [0.717, 1.165) is 23.5 Å². The topological polar surface area (TPSA) is 149 Å². The van der Waals surface area contributed by atoms with Gasteiger partial charge in [-0.15, -0.1) is 0 Å². The number of hydrogen-bond donors (Lipinski definition) is 2. The molecule has 280 valence electrons. The molecule has 1 aliphatic rings. The number of anilines is 2. The Hall–Kier alpha value is -4.39. The quantitative estimate of drug-likeness (QED) is 0.107. The summed E-state index contributed by atoms with van der Waals surface area (Å²) in [6.07, 6.45) is 4.23. The summed E-state index contributed by atoms with van der Waals surface area (Å²) < 4.78 is 37.2. The number of hydrogen-bond acceptors (Lipinski definition) is 12. The maximum absolute atomic E-state index is 13.7. The van der Waals surface area contributed by atoms with Crippen LogP contribution in [0.25, 0.3) is 10.9 Å². The van der Waals surface area contributed by atoms with Crippen molar-refractivity contribution >= 4 is 73.5 Å². The molecule has 0 bridgehead atoms. The van der Waals surface area contributed by atoms with Crippen LogP contribution in [0.2, 0.25) is 0 Å². The lowest BCUT2D eigenvalue weighted by atomic mass is 10.1. The van der Waals surface area contributed by atoms with Gasteiger partial charge in [-0.1, -0.05) is 53.8 Å². The number of benzene rings is 2. The predicted octanol–water partition coefficient (Wildman–Crippen LogP) is 8.06. The number of nitrogens with zero attached hydrogens (tertiary/aromatic N) is 2. The molecule has 2 heterocycles. The van der Waals surface area contributed by atoms with E-state index in [1.54, 1.807) is 57.2 Å². The van der Waals surface area contributed by atoms with E-state index in [1.165, 1.54) is 32.2 Å². The van der Waals surface area contributed by atoms with Crippen molar-refractivity contribution in [3.05, 3.63) is 94.8 Å². The van der Waals surface area contributed by atoms with Gasteiger partial charge in [-0.05, 0) is 56.7 Å². The number of fused-ring (bicyclic) bond motifs is 1. The van der Waals surface area contributed by atoms with Crippen LogP contribution in [0.5, 0.6) is 5.75 Å². The van der Waals surface area contributed by atoms with E-state index in [1.807, 2.05) is 0 Å². The third kappa shape index (κ3) is 12.6. The van der Waals surface area contributed by atoms with Gasteiger partial charge in [0.15, 0.2) is 16.0 Å². The zero-order valence-electron chi connectivity index (χ0n) is 29.9. The predicted molar refractivity (Wildman–Crippen MR) is 207 cm³/mol. The SMILES string of the molecule is C=C(/C=C\C(OCc1cccc(F)c1)=C(/C)Cl)Nc1c(C#N)cnc2cc(OC[C@H]3COC(C)(C)O3)c(NC(=O)C(CSC(C)=O)CSC(C)=O)cc12. The molecule has 1 saturated heterocycles. The van der Waals surface area contributed by atoms with Gasteiger partial charge in [-0.2, -0.15) is 5.26 Å². The summed E-state index contributed by atoms with van der Waals surface area (Å²) in [7, 11) is 0. The van der Waals surface area contributed by atoms with Crippen LogP contribution in [-0.4, -0.2) is 57.7 Å². The molecule has 15 heteroatoms. The van der Waals surface area contributed by atoms with E-state index < -0.39 is 17.6 Å². The number of ether oxygens (including phenoxy) is 4. The van der Waals surface area contributed by atoms with Gasteiger partial charge in [0.25, 0.3) is 0 Å². The molecule has 1 aliphatic heterocycles.